The molecule has 10 heteroatoms. The summed E-state index contributed by atoms with van der Waals surface area (Å²) in [5, 5.41) is 11.4. The summed E-state index contributed by atoms with van der Waals surface area (Å²) in [6.07, 6.45) is 0. The van der Waals surface area contributed by atoms with Crippen molar-refractivity contribution in [2.24, 2.45) is 21.1 Å². The van der Waals surface area contributed by atoms with E-state index < -0.39 is 0 Å². The molecule has 0 bridgehead atoms. The Labute approximate surface area is 242 Å². The Bertz CT molecular complexity index is 1780. The summed E-state index contributed by atoms with van der Waals surface area (Å²) >= 11 is 12.6. The Morgan fingerprint density at radius 3 is 2.50 bits per heavy atom. The first-order valence-electron chi connectivity index (χ1n) is 13.4. The van der Waals surface area contributed by atoms with Crippen LogP contribution in [0.3, 0.4) is 0 Å². The van der Waals surface area contributed by atoms with Gasteiger partial charge in [-0.3, -0.25) is 18.9 Å². The van der Waals surface area contributed by atoms with Crippen molar-refractivity contribution < 1.29 is 4.74 Å². The molecule has 0 radical (unpaired) electrons. The molecule has 2 aromatic carbocycles. The molecular formula is C30H32Cl2N6O2. The smallest absolute Gasteiger partial charge is 0.259 e. The Hall–Kier alpha value is -3.14. The third-order valence-corrected chi connectivity index (χ3v) is 8.40. The molecule has 0 saturated carbocycles. The van der Waals surface area contributed by atoms with Crippen molar-refractivity contribution >= 4 is 45.1 Å². The van der Waals surface area contributed by atoms with E-state index in [4.69, 9.17) is 33.0 Å². The van der Waals surface area contributed by atoms with E-state index in [2.05, 4.69) is 39.0 Å². The Morgan fingerprint density at radius 2 is 1.73 bits per heavy atom. The second-order valence-corrected chi connectivity index (χ2v) is 11.2. The lowest BCUT2D eigenvalue weighted by atomic mass is 10.0. The molecule has 4 heterocycles. The molecule has 1 saturated heterocycles. The molecule has 5 aromatic rings. The van der Waals surface area contributed by atoms with Gasteiger partial charge < -0.3 is 14.6 Å². The van der Waals surface area contributed by atoms with E-state index in [1.54, 1.807) is 29.8 Å². The Kier molecular flexibility index (Phi) is 7.46. The normalized spacial score (nSPS) is 14.5. The second kappa shape index (κ2) is 11.0. The van der Waals surface area contributed by atoms with Gasteiger partial charge in [-0.25, -0.2) is 0 Å². The molecule has 6 rings (SSSR count). The molecule has 1 fully saturated rings. The third-order valence-electron chi connectivity index (χ3n) is 7.86. The van der Waals surface area contributed by atoms with E-state index in [-0.39, 0.29) is 5.56 Å². The standard InChI is InChI=1S/C30H32Cl2N6O2/c1-35-28-7-4-19(27-16-21(37(3)34-27)18-33-8-9-38-10-12-40-13-11-38)14-23(28)24-17-25(30(39)36(2)29(24)35)22-6-5-20(31)15-26(22)32/h4-7,14-17,33H,8-13,18H2,1-3H3. The molecule has 40 heavy (non-hydrogen) atoms. The number of pyridine rings is 1. The van der Waals surface area contributed by atoms with E-state index >= 15 is 0 Å². The van der Waals surface area contributed by atoms with Gasteiger partial charge in [0.1, 0.15) is 5.65 Å². The van der Waals surface area contributed by atoms with Crippen LogP contribution >= 0.6 is 23.2 Å². The first-order valence-corrected chi connectivity index (χ1v) is 14.2. The van der Waals surface area contributed by atoms with Crippen molar-refractivity contribution in [1.82, 2.24) is 29.1 Å². The van der Waals surface area contributed by atoms with E-state index in [0.29, 0.717) is 21.2 Å². The van der Waals surface area contributed by atoms with Crippen LogP contribution in [0.15, 0.2) is 53.3 Å². The van der Waals surface area contributed by atoms with Crippen LogP contribution in [0.25, 0.3) is 44.3 Å². The van der Waals surface area contributed by atoms with Gasteiger partial charge in [0.25, 0.3) is 5.56 Å². The highest BCUT2D eigenvalue weighted by Crippen LogP contribution is 2.35. The van der Waals surface area contributed by atoms with E-state index in [1.165, 1.54) is 0 Å². The minimum absolute atomic E-state index is 0.113. The van der Waals surface area contributed by atoms with Gasteiger partial charge in [0.15, 0.2) is 0 Å². The van der Waals surface area contributed by atoms with Gasteiger partial charge in [-0.15, -0.1) is 0 Å². The molecule has 1 N–H and O–H groups in total. The van der Waals surface area contributed by atoms with E-state index in [9.17, 15) is 4.79 Å². The van der Waals surface area contributed by atoms with Crippen LogP contribution in [-0.2, 0) is 32.4 Å². The predicted molar refractivity (Wildman–Crippen MR) is 162 cm³/mol. The van der Waals surface area contributed by atoms with Crippen LogP contribution in [0, 0.1) is 0 Å². The molecule has 3 aromatic heterocycles. The van der Waals surface area contributed by atoms with Gasteiger partial charge in [-0.05, 0) is 36.4 Å². The van der Waals surface area contributed by atoms with Crippen LogP contribution in [-0.4, -0.2) is 63.2 Å². The summed E-state index contributed by atoms with van der Waals surface area (Å²) in [7, 11) is 5.77. The van der Waals surface area contributed by atoms with Crippen molar-refractivity contribution in [2.75, 3.05) is 39.4 Å². The summed E-state index contributed by atoms with van der Waals surface area (Å²) in [5.74, 6) is 0. The number of hydrogen-bond acceptors (Lipinski definition) is 5. The van der Waals surface area contributed by atoms with Gasteiger partial charge in [-0.1, -0.05) is 35.3 Å². The van der Waals surface area contributed by atoms with E-state index in [0.717, 1.165) is 84.8 Å². The first-order chi connectivity index (χ1) is 19.3. The summed E-state index contributed by atoms with van der Waals surface area (Å²) in [4.78, 5) is 15.8. The zero-order valence-corrected chi connectivity index (χ0v) is 24.4. The number of hydrogen-bond donors (Lipinski definition) is 1. The molecule has 1 aliphatic rings. The van der Waals surface area contributed by atoms with E-state index in [1.807, 2.05) is 24.8 Å². The van der Waals surface area contributed by atoms with Crippen LogP contribution in [0.2, 0.25) is 10.0 Å². The zero-order valence-electron chi connectivity index (χ0n) is 22.9. The Balaban J connectivity index is 1.33. The van der Waals surface area contributed by atoms with Crippen molar-refractivity contribution in [3.05, 3.63) is 74.6 Å². The summed E-state index contributed by atoms with van der Waals surface area (Å²) in [6.45, 7) is 6.31. The van der Waals surface area contributed by atoms with Crippen LogP contribution < -0.4 is 10.9 Å². The maximum absolute atomic E-state index is 13.4. The first kappa shape index (κ1) is 27.1. The lowest BCUT2D eigenvalue weighted by molar-refractivity contribution is 0.0384. The maximum Gasteiger partial charge on any atom is 0.259 e. The number of aromatic nitrogens is 4. The largest absolute Gasteiger partial charge is 0.379 e. The highest BCUT2D eigenvalue weighted by atomic mass is 35.5. The number of fused-ring (bicyclic) bond motifs is 3. The summed E-state index contributed by atoms with van der Waals surface area (Å²) in [6, 6.07) is 15.7. The number of ether oxygens (including phenoxy) is 1. The maximum atomic E-state index is 13.4. The second-order valence-electron chi connectivity index (χ2n) is 10.3. The number of halogens is 2. The summed E-state index contributed by atoms with van der Waals surface area (Å²) < 4.78 is 11.1. The molecule has 0 aliphatic carbocycles. The average Bonchev–Trinajstić information content (AvgIpc) is 3.46. The molecule has 1 aliphatic heterocycles. The fourth-order valence-electron chi connectivity index (χ4n) is 5.64. The number of benzene rings is 2. The third kappa shape index (κ3) is 4.95. The van der Waals surface area contributed by atoms with Gasteiger partial charge in [0.2, 0.25) is 0 Å². The molecular weight excluding hydrogens is 547 g/mol. The summed E-state index contributed by atoms with van der Waals surface area (Å²) in [5.41, 5.74) is 6.03. The molecule has 0 unspecified atom stereocenters. The number of aryl methyl sites for hydroxylation is 3. The molecule has 208 valence electrons. The fourth-order valence-corrected chi connectivity index (χ4v) is 6.15. The van der Waals surface area contributed by atoms with Crippen molar-refractivity contribution in [1.29, 1.82) is 0 Å². The lowest BCUT2D eigenvalue weighted by Gasteiger charge is -2.26. The number of nitrogens with one attached hydrogen (secondary N) is 1. The van der Waals surface area contributed by atoms with Gasteiger partial charge >= 0.3 is 0 Å². The lowest BCUT2D eigenvalue weighted by Crippen LogP contribution is -2.40. The number of nitrogens with zero attached hydrogens (tertiary/aromatic N) is 5. The molecule has 0 amide bonds. The average molecular weight is 580 g/mol. The van der Waals surface area contributed by atoms with Crippen molar-refractivity contribution in [2.45, 2.75) is 6.54 Å². The molecule has 0 spiro atoms. The van der Waals surface area contributed by atoms with Crippen LogP contribution in [0.4, 0.5) is 0 Å². The quantitative estimate of drug-likeness (QED) is 0.280. The van der Waals surface area contributed by atoms with Gasteiger partial charge in [-0.2, -0.15) is 5.10 Å². The van der Waals surface area contributed by atoms with Crippen molar-refractivity contribution in [3.63, 3.8) is 0 Å². The van der Waals surface area contributed by atoms with Crippen LogP contribution in [0.5, 0.6) is 0 Å². The molecule has 0 atom stereocenters. The Morgan fingerprint density at radius 1 is 0.925 bits per heavy atom. The van der Waals surface area contributed by atoms with Gasteiger partial charge in [0.05, 0.1) is 35.1 Å². The highest BCUT2D eigenvalue weighted by molar-refractivity contribution is 6.36. The SMILES string of the molecule is Cn1nc(-c2ccc3c(c2)c2cc(-c4ccc(Cl)cc4Cl)c(=O)n(C)c2n3C)cc1CNCCN1CCOCC1. The topological polar surface area (TPSA) is 69.2 Å². The monoisotopic (exact) mass is 578 g/mol. The highest BCUT2D eigenvalue weighted by Gasteiger charge is 2.19. The minimum Gasteiger partial charge on any atom is -0.379 e. The molecule has 8 nitrogen and oxygen atoms in total. The minimum atomic E-state index is -0.113. The fraction of sp³-hybridized carbons (Fsp3) is 0.333. The van der Waals surface area contributed by atoms with Gasteiger partial charge in [0, 0.05) is 86.4 Å². The number of morpholine rings is 1. The van der Waals surface area contributed by atoms with Crippen molar-refractivity contribution in [3.8, 4) is 22.4 Å². The number of rotatable bonds is 7. The zero-order chi connectivity index (χ0) is 28.0. The predicted octanol–water partition coefficient (Wildman–Crippen LogP) is 4.83. The van der Waals surface area contributed by atoms with Crippen LogP contribution in [0.1, 0.15) is 5.69 Å².